The monoisotopic (exact) mass is 399 g/mol. The molecule has 11 nitrogen and oxygen atoms in total. The standard InChI is InChI=1S/C14H9N9O2S2/c1-6-17-14(27-22-6)21-19-11-9(24)3-2-7(12(11)25)18-20-13-10-8(23-26-13)4-15-5-16-10/h2-5,24-25H,1H3/b20-18+,21-19+. The molecule has 0 aliphatic carbocycles. The van der Waals surface area contributed by atoms with Crippen LogP contribution >= 0.6 is 23.1 Å². The Bertz CT molecular complexity index is 1180. The summed E-state index contributed by atoms with van der Waals surface area (Å²) in [5.41, 5.74) is 1.12. The summed E-state index contributed by atoms with van der Waals surface area (Å²) in [6.45, 7) is 1.72. The maximum absolute atomic E-state index is 10.4. The highest BCUT2D eigenvalue weighted by molar-refractivity contribution is 7.11. The van der Waals surface area contributed by atoms with Crippen molar-refractivity contribution >= 4 is 55.6 Å². The van der Waals surface area contributed by atoms with Gasteiger partial charge in [-0.05, 0) is 30.6 Å². The van der Waals surface area contributed by atoms with Crippen molar-refractivity contribution in [2.75, 3.05) is 0 Å². The van der Waals surface area contributed by atoms with Crippen LogP contribution in [0.4, 0.5) is 21.5 Å². The van der Waals surface area contributed by atoms with Crippen LogP contribution in [0.25, 0.3) is 11.0 Å². The number of aromatic nitrogens is 5. The van der Waals surface area contributed by atoms with Gasteiger partial charge in [0.2, 0.25) is 5.13 Å². The second-order valence-electron chi connectivity index (χ2n) is 5.07. The van der Waals surface area contributed by atoms with Gasteiger partial charge in [-0.15, -0.1) is 20.5 Å². The van der Waals surface area contributed by atoms with E-state index in [4.69, 9.17) is 0 Å². The molecule has 0 bridgehead atoms. The molecule has 2 N–H and O–H groups in total. The number of fused-ring (bicyclic) bond motifs is 1. The Kier molecular flexibility index (Phi) is 4.43. The summed E-state index contributed by atoms with van der Waals surface area (Å²) in [5, 5.41) is 36.9. The van der Waals surface area contributed by atoms with Crippen molar-refractivity contribution in [1.82, 2.24) is 23.7 Å². The molecule has 13 heteroatoms. The number of aromatic hydroxyl groups is 2. The number of hydrogen-bond donors (Lipinski definition) is 2. The van der Waals surface area contributed by atoms with E-state index in [1.165, 1.54) is 18.5 Å². The third kappa shape index (κ3) is 3.45. The van der Waals surface area contributed by atoms with Crippen molar-refractivity contribution in [3.63, 3.8) is 0 Å². The third-order valence-corrected chi connectivity index (χ3v) is 4.66. The molecule has 0 atom stereocenters. The Labute approximate surface area is 159 Å². The number of rotatable bonds is 4. The van der Waals surface area contributed by atoms with E-state index >= 15 is 0 Å². The average molecular weight is 399 g/mol. The van der Waals surface area contributed by atoms with E-state index in [0.29, 0.717) is 27.0 Å². The second-order valence-corrected chi connectivity index (χ2v) is 6.55. The largest absolute Gasteiger partial charge is 0.505 e. The summed E-state index contributed by atoms with van der Waals surface area (Å²) in [6, 6.07) is 2.74. The van der Waals surface area contributed by atoms with Gasteiger partial charge in [0.05, 0.1) is 6.20 Å². The molecular weight excluding hydrogens is 390 g/mol. The fourth-order valence-corrected chi connectivity index (χ4v) is 3.16. The summed E-state index contributed by atoms with van der Waals surface area (Å²) in [4.78, 5) is 12.0. The minimum atomic E-state index is -0.368. The lowest BCUT2D eigenvalue weighted by Crippen LogP contribution is -1.76. The molecule has 27 heavy (non-hydrogen) atoms. The normalized spacial score (nSPS) is 11.9. The molecule has 0 amide bonds. The highest BCUT2D eigenvalue weighted by Crippen LogP contribution is 2.44. The predicted octanol–water partition coefficient (Wildman–Crippen LogP) is 4.49. The van der Waals surface area contributed by atoms with E-state index in [1.807, 2.05) is 0 Å². The van der Waals surface area contributed by atoms with Gasteiger partial charge in [0, 0.05) is 11.5 Å². The topological polar surface area (TPSA) is 154 Å². The van der Waals surface area contributed by atoms with E-state index in [-0.39, 0.29) is 22.9 Å². The van der Waals surface area contributed by atoms with E-state index in [2.05, 4.69) is 44.2 Å². The molecule has 0 spiro atoms. The first-order valence-corrected chi connectivity index (χ1v) is 8.90. The first-order chi connectivity index (χ1) is 13.1. The van der Waals surface area contributed by atoms with E-state index in [9.17, 15) is 10.2 Å². The fraction of sp³-hybridized carbons (Fsp3) is 0.0714. The van der Waals surface area contributed by atoms with Gasteiger partial charge in [-0.25, -0.2) is 15.0 Å². The van der Waals surface area contributed by atoms with Crippen molar-refractivity contribution in [1.29, 1.82) is 0 Å². The van der Waals surface area contributed by atoms with Gasteiger partial charge < -0.3 is 10.2 Å². The van der Waals surface area contributed by atoms with Crippen molar-refractivity contribution in [2.45, 2.75) is 6.92 Å². The molecule has 0 saturated carbocycles. The molecular formula is C14H9N9O2S2. The van der Waals surface area contributed by atoms with Gasteiger partial charge in [0.1, 0.15) is 34.6 Å². The Morgan fingerprint density at radius 2 is 1.89 bits per heavy atom. The SMILES string of the molecule is Cc1nsc(/N=N/c2c(O)ccc(/N=N/c3snc4cncnc34)c2O)n1. The number of nitrogens with zero attached hydrogens (tertiary/aromatic N) is 9. The maximum atomic E-state index is 10.4. The van der Waals surface area contributed by atoms with Gasteiger partial charge >= 0.3 is 0 Å². The van der Waals surface area contributed by atoms with Crippen LogP contribution in [0.1, 0.15) is 5.82 Å². The molecule has 4 aromatic rings. The average Bonchev–Trinajstić information content (AvgIpc) is 3.27. The number of phenols is 2. The first-order valence-electron chi connectivity index (χ1n) is 7.36. The van der Waals surface area contributed by atoms with E-state index < -0.39 is 0 Å². The minimum Gasteiger partial charge on any atom is -0.505 e. The summed E-state index contributed by atoms with van der Waals surface area (Å²) in [5.74, 6) is -0.0647. The molecule has 0 aliphatic heterocycles. The van der Waals surface area contributed by atoms with Crippen molar-refractivity contribution < 1.29 is 10.2 Å². The molecule has 134 valence electrons. The van der Waals surface area contributed by atoms with E-state index in [0.717, 1.165) is 23.1 Å². The summed E-state index contributed by atoms with van der Waals surface area (Å²) in [7, 11) is 0. The minimum absolute atomic E-state index is 0.103. The quantitative estimate of drug-likeness (QED) is 0.479. The zero-order valence-electron chi connectivity index (χ0n) is 13.5. The lowest BCUT2D eigenvalue weighted by atomic mass is 10.2. The van der Waals surface area contributed by atoms with Gasteiger partial charge in [-0.1, -0.05) is 0 Å². The van der Waals surface area contributed by atoms with Crippen LogP contribution in [-0.2, 0) is 0 Å². The Morgan fingerprint density at radius 3 is 2.70 bits per heavy atom. The number of phenolic OH excluding ortho intramolecular Hbond substituents is 2. The molecule has 3 heterocycles. The van der Waals surface area contributed by atoms with Gasteiger partial charge in [0.15, 0.2) is 16.4 Å². The summed E-state index contributed by atoms with van der Waals surface area (Å²) < 4.78 is 8.14. The predicted molar refractivity (Wildman–Crippen MR) is 98.0 cm³/mol. The van der Waals surface area contributed by atoms with Crippen molar-refractivity contribution in [3.8, 4) is 11.5 Å². The molecule has 0 saturated heterocycles. The first kappa shape index (κ1) is 17.0. The smallest absolute Gasteiger partial charge is 0.249 e. The van der Waals surface area contributed by atoms with Crippen LogP contribution in [0.3, 0.4) is 0 Å². The number of aryl methyl sites for hydroxylation is 1. The Hall–Kier alpha value is -3.45. The third-order valence-electron chi connectivity index (χ3n) is 3.24. The summed E-state index contributed by atoms with van der Waals surface area (Å²) >= 11 is 2.16. The molecule has 0 fully saturated rings. The molecule has 0 radical (unpaired) electrons. The lowest BCUT2D eigenvalue weighted by molar-refractivity contribution is 0.453. The molecule has 0 aliphatic rings. The van der Waals surface area contributed by atoms with Crippen LogP contribution in [0.15, 0.2) is 45.1 Å². The number of hydrogen-bond acceptors (Lipinski definition) is 13. The van der Waals surface area contributed by atoms with Gasteiger partial charge in [0.25, 0.3) is 0 Å². The van der Waals surface area contributed by atoms with E-state index in [1.54, 1.807) is 13.1 Å². The Balaban J connectivity index is 1.66. The zero-order valence-corrected chi connectivity index (χ0v) is 15.2. The highest BCUT2D eigenvalue weighted by atomic mass is 32.1. The van der Waals surface area contributed by atoms with Crippen molar-refractivity contribution in [2.24, 2.45) is 20.5 Å². The Morgan fingerprint density at radius 1 is 1.00 bits per heavy atom. The van der Waals surface area contributed by atoms with Crippen LogP contribution in [0, 0.1) is 6.92 Å². The maximum Gasteiger partial charge on any atom is 0.249 e. The molecule has 1 aromatic carbocycles. The second kappa shape index (κ2) is 7.05. The number of azo groups is 2. The lowest BCUT2D eigenvalue weighted by Gasteiger charge is -2.03. The van der Waals surface area contributed by atoms with Crippen LogP contribution in [-0.4, -0.2) is 33.9 Å². The highest BCUT2D eigenvalue weighted by Gasteiger charge is 2.13. The van der Waals surface area contributed by atoms with Crippen LogP contribution < -0.4 is 0 Å². The molecule has 4 rings (SSSR count). The van der Waals surface area contributed by atoms with Gasteiger partial charge in [-0.2, -0.15) is 8.75 Å². The number of benzene rings is 1. The van der Waals surface area contributed by atoms with Crippen molar-refractivity contribution in [3.05, 3.63) is 30.5 Å². The van der Waals surface area contributed by atoms with Gasteiger partial charge in [-0.3, -0.25) is 0 Å². The molecule has 0 unspecified atom stereocenters. The van der Waals surface area contributed by atoms with Crippen LogP contribution in [0.2, 0.25) is 0 Å². The molecule has 3 aromatic heterocycles. The zero-order chi connectivity index (χ0) is 18.8. The fourth-order valence-electron chi connectivity index (χ4n) is 2.01. The van der Waals surface area contributed by atoms with Crippen LogP contribution in [0.5, 0.6) is 11.5 Å². The summed E-state index contributed by atoms with van der Waals surface area (Å²) in [6.07, 6.45) is 2.96.